The van der Waals surface area contributed by atoms with E-state index in [1.807, 2.05) is 0 Å². The molecule has 1 heterocycles. The first-order valence-corrected chi connectivity index (χ1v) is 7.05. The van der Waals surface area contributed by atoms with Crippen LogP contribution in [-0.4, -0.2) is 20.9 Å². The zero-order valence-corrected chi connectivity index (χ0v) is 12.2. The maximum atomic E-state index is 10.7. The molecular formula is C16H16N4O2. The van der Waals surface area contributed by atoms with Crippen molar-refractivity contribution in [3.8, 4) is 17.3 Å². The number of aliphatic carboxylic acids is 1. The predicted octanol–water partition coefficient (Wildman–Crippen LogP) is 2.14. The van der Waals surface area contributed by atoms with Crippen molar-refractivity contribution in [1.82, 2.24) is 9.78 Å². The summed E-state index contributed by atoms with van der Waals surface area (Å²) in [5.41, 5.74) is 8.38. The molecule has 2 aromatic rings. The average molecular weight is 296 g/mol. The van der Waals surface area contributed by atoms with Gasteiger partial charge in [0.25, 0.3) is 0 Å². The standard InChI is InChI=1S/C16H16N4O2/c1-16(6-7-16)20-15(18)12(9-17)14(19-20)11-4-2-10(3-5-11)8-13(21)22/h2-5H,6-8,18H2,1H3,(H,21,22). The van der Waals surface area contributed by atoms with Crippen molar-refractivity contribution in [2.75, 3.05) is 5.73 Å². The third kappa shape index (κ3) is 2.31. The summed E-state index contributed by atoms with van der Waals surface area (Å²) in [5.74, 6) is -0.479. The molecule has 0 radical (unpaired) electrons. The molecule has 1 aliphatic rings. The van der Waals surface area contributed by atoms with E-state index in [2.05, 4.69) is 18.1 Å². The molecule has 3 N–H and O–H groups in total. The molecule has 0 aliphatic heterocycles. The Bertz CT molecular complexity index is 780. The molecule has 1 fully saturated rings. The van der Waals surface area contributed by atoms with Crippen LogP contribution in [0.15, 0.2) is 24.3 Å². The number of nitrogen functional groups attached to an aromatic ring is 1. The van der Waals surface area contributed by atoms with E-state index in [1.54, 1.807) is 28.9 Å². The Balaban J connectivity index is 2.01. The summed E-state index contributed by atoms with van der Waals surface area (Å²) < 4.78 is 1.74. The van der Waals surface area contributed by atoms with Gasteiger partial charge in [0.1, 0.15) is 23.1 Å². The van der Waals surface area contributed by atoms with E-state index in [-0.39, 0.29) is 12.0 Å². The van der Waals surface area contributed by atoms with Crippen LogP contribution in [0.2, 0.25) is 0 Å². The van der Waals surface area contributed by atoms with Gasteiger partial charge in [-0.3, -0.25) is 4.79 Å². The van der Waals surface area contributed by atoms with E-state index in [9.17, 15) is 10.1 Å². The highest BCUT2D eigenvalue weighted by Gasteiger charge is 2.42. The summed E-state index contributed by atoms with van der Waals surface area (Å²) in [7, 11) is 0. The first-order chi connectivity index (χ1) is 10.4. The Morgan fingerprint density at radius 2 is 2.09 bits per heavy atom. The van der Waals surface area contributed by atoms with Gasteiger partial charge < -0.3 is 10.8 Å². The van der Waals surface area contributed by atoms with Gasteiger partial charge in [-0.25, -0.2) is 4.68 Å². The van der Waals surface area contributed by atoms with E-state index in [0.717, 1.165) is 18.4 Å². The van der Waals surface area contributed by atoms with Crippen molar-refractivity contribution in [1.29, 1.82) is 5.26 Å². The second-order valence-electron chi connectivity index (χ2n) is 5.90. The number of hydrogen-bond acceptors (Lipinski definition) is 4. The molecule has 0 atom stereocenters. The molecule has 0 amide bonds. The van der Waals surface area contributed by atoms with Gasteiger partial charge in [-0.15, -0.1) is 0 Å². The first-order valence-electron chi connectivity index (χ1n) is 7.05. The lowest BCUT2D eigenvalue weighted by atomic mass is 10.0. The number of aromatic nitrogens is 2. The van der Waals surface area contributed by atoms with Crippen molar-refractivity contribution in [3.05, 3.63) is 35.4 Å². The van der Waals surface area contributed by atoms with E-state index in [1.165, 1.54) is 0 Å². The van der Waals surface area contributed by atoms with Crippen LogP contribution in [0.25, 0.3) is 11.3 Å². The minimum Gasteiger partial charge on any atom is -0.481 e. The van der Waals surface area contributed by atoms with Gasteiger partial charge in [0.05, 0.1) is 12.0 Å². The zero-order chi connectivity index (χ0) is 15.9. The van der Waals surface area contributed by atoms with Crippen LogP contribution < -0.4 is 5.73 Å². The molecule has 1 aromatic carbocycles. The van der Waals surface area contributed by atoms with Crippen molar-refractivity contribution < 1.29 is 9.90 Å². The average Bonchev–Trinajstić information content (AvgIpc) is 3.12. The molecule has 0 unspecified atom stereocenters. The molecule has 1 saturated carbocycles. The fourth-order valence-electron chi connectivity index (χ4n) is 2.50. The van der Waals surface area contributed by atoms with Gasteiger partial charge >= 0.3 is 5.97 Å². The summed E-state index contributed by atoms with van der Waals surface area (Å²) >= 11 is 0. The Kier molecular flexibility index (Phi) is 3.14. The van der Waals surface area contributed by atoms with E-state index in [0.29, 0.717) is 22.6 Å². The Morgan fingerprint density at radius 3 is 2.59 bits per heavy atom. The monoisotopic (exact) mass is 296 g/mol. The minimum atomic E-state index is -0.874. The quantitative estimate of drug-likeness (QED) is 0.899. The van der Waals surface area contributed by atoms with Gasteiger partial charge in [-0.05, 0) is 25.3 Å². The lowest BCUT2D eigenvalue weighted by Gasteiger charge is -2.10. The summed E-state index contributed by atoms with van der Waals surface area (Å²) in [6.45, 7) is 2.07. The van der Waals surface area contributed by atoms with Crippen LogP contribution in [0.1, 0.15) is 30.9 Å². The lowest BCUT2D eigenvalue weighted by Crippen LogP contribution is -2.16. The number of nitrogens with zero attached hydrogens (tertiary/aromatic N) is 3. The summed E-state index contributed by atoms with van der Waals surface area (Å²) in [4.78, 5) is 10.7. The fourth-order valence-corrected chi connectivity index (χ4v) is 2.50. The normalized spacial score (nSPS) is 15.3. The second kappa shape index (κ2) is 4.88. The van der Waals surface area contributed by atoms with Crippen LogP contribution in [-0.2, 0) is 16.8 Å². The van der Waals surface area contributed by atoms with Crippen molar-refractivity contribution in [2.24, 2.45) is 0 Å². The highest BCUT2D eigenvalue weighted by Crippen LogP contribution is 2.45. The van der Waals surface area contributed by atoms with Crippen LogP contribution in [0, 0.1) is 11.3 Å². The van der Waals surface area contributed by atoms with Gasteiger partial charge in [0.15, 0.2) is 0 Å². The largest absolute Gasteiger partial charge is 0.481 e. The molecule has 22 heavy (non-hydrogen) atoms. The van der Waals surface area contributed by atoms with E-state index in [4.69, 9.17) is 10.8 Å². The van der Waals surface area contributed by atoms with Crippen LogP contribution in [0.3, 0.4) is 0 Å². The fraction of sp³-hybridized carbons (Fsp3) is 0.312. The Hall–Kier alpha value is -2.81. The third-order valence-corrected chi connectivity index (χ3v) is 4.10. The number of benzene rings is 1. The number of nitrogens with two attached hydrogens (primary N) is 1. The third-order valence-electron chi connectivity index (χ3n) is 4.10. The minimum absolute atomic E-state index is 0.0277. The number of carboxylic acids is 1. The van der Waals surface area contributed by atoms with Gasteiger partial charge in [0.2, 0.25) is 0 Å². The van der Waals surface area contributed by atoms with E-state index >= 15 is 0 Å². The Labute approximate surface area is 127 Å². The number of anilines is 1. The van der Waals surface area contributed by atoms with Gasteiger partial charge in [-0.1, -0.05) is 24.3 Å². The molecule has 0 spiro atoms. The highest BCUT2D eigenvalue weighted by molar-refractivity contribution is 5.74. The molecule has 3 rings (SSSR count). The molecule has 6 nitrogen and oxygen atoms in total. The first kappa shape index (κ1) is 14.1. The second-order valence-corrected chi connectivity index (χ2v) is 5.90. The van der Waals surface area contributed by atoms with Crippen molar-refractivity contribution in [3.63, 3.8) is 0 Å². The smallest absolute Gasteiger partial charge is 0.307 e. The van der Waals surface area contributed by atoms with Gasteiger partial charge in [0, 0.05) is 5.56 Å². The number of hydrogen-bond donors (Lipinski definition) is 2. The van der Waals surface area contributed by atoms with Gasteiger partial charge in [-0.2, -0.15) is 10.4 Å². The highest BCUT2D eigenvalue weighted by atomic mass is 16.4. The van der Waals surface area contributed by atoms with Crippen LogP contribution in [0.5, 0.6) is 0 Å². The summed E-state index contributed by atoms with van der Waals surface area (Å²) in [6.07, 6.45) is 1.97. The van der Waals surface area contributed by atoms with Crippen molar-refractivity contribution >= 4 is 11.8 Å². The Morgan fingerprint density at radius 1 is 1.45 bits per heavy atom. The maximum Gasteiger partial charge on any atom is 0.307 e. The molecule has 0 bridgehead atoms. The lowest BCUT2D eigenvalue weighted by molar-refractivity contribution is -0.136. The molecule has 1 aliphatic carbocycles. The number of nitriles is 1. The predicted molar refractivity (Wildman–Crippen MR) is 81.0 cm³/mol. The number of rotatable bonds is 4. The van der Waals surface area contributed by atoms with Crippen LogP contribution >= 0.6 is 0 Å². The number of carbonyl (C=O) groups is 1. The van der Waals surface area contributed by atoms with Crippen molar-refractivity contribution in [2.45, 2.75) is 31.7 Å². The topological polar surface area (TPSA) is 105 Å². The molecule has 1 aromatic heterocycles. The molecule has 6 heteroatoms. The molecule has 0 saturated heterocycles. The maximum absolute atomic E-state index is 10.7. The zero-order valence-electron chi connectivity index (χ0n) is 12.2. The summed E-state index contributed by atoms with van der Waals surface area (Å²) in [5, 5.41) is 22.7. The van der Waals surface area contributed by atoms with Crippen LogP contribution in [0.4, 0.5) is 5.82 Å². The van der Waals surface area contributed by atoms with E-state index < -0.39 is 5.97 Å². The number of carboxylic acid groups (broad SMARTS) is 1. The SMILES string of the molecule is CC1(n2nc(-c3ccc(CC(=O)O)cc3)c(C#N)c2N)CC1. The summed E-state index contributed by atoms with van der Waals surface area (Å²) in [6, 6.07) is 9.15. The molecule has 112 valence electrons. The molecular weight excluding hydrogens is 280 g/mol.